The van der Waals surface area contributed by atoms with E-state index in [-0.39, 0.29) is 24.6 Å². The molecule has 0 saturated carbocycles. The first-order valence-electron chi connectivity index (χ1n) is 5.82. The smallest absolute Gasteiger partial charge is 0.153 e. The molecule has 1 N–H and O–H groups in total. The average molecular weight is 273 g/mol. The molecule has 2 rings (SSSR count). The number of hydrogen-bond donors (Lipinski definition) is 1. The van der Waals surface area contributed by atoms with Gasteiger partial charge in [0.2, 0.25) is 0 Å². The molecule has 1 atom stereocenters. The van der Waals surface area contributed by atoms with E-state index in [0.717, 1.165) is 0 Å². The van der Waals surface area contributed by atoms with E-state index in [2.05, 4.69) is 0 Å². The van der Waals surface area contributed by atoms with Crippen molar-refractivity contribution in [2.24, 2.45) is 0 Å². The molecule has 0 bridgehead atoms. The zero-order chi connectivity index (χ0) is 13.3. The summed E-state index contributed by atoms with van der Waals surface area (Å²) in [5.74, 6) is -0.367. The van der Waals surface area contributed by atoms with Crippen molar-refractivity contribution in [3.05, 3.63) is 29.6 Å². The number of benzene rings is 1. The predicted molar refractivity (Wildman–Crippen MR) is 67.9 cm³/mol. The van der Waals surface area contributed by atoms with Crippen molar-refractivity contribution in [3.63, 3.8) is 0 Å². The molecule has 1 aromatic rings. The lowest BCUT2D eigenvalue weighted by Gasteiger charge is -2.31. The summed E-state index contributed by atoms with van der Waals surface area (Å²) in [7, 11) is -3.00. The topological polar surface area (TPSA) is 57.6 Å². The molecule has 0 aromatic heterocycles. The molecule has 4 nitrogen and oxygen atoms in total. The molecule has 1 heterocycles. The third kappa shape index (κ3) is 2.64. The summed E-state index contributed by atoms with van der Waals surface area (Å²) in [6.07, 6.45) is -0.783. The third-order valence-corrected chi connectivity index (χ3v) is 4.74. The van der Waals surface area contributed by atoms with Gasteiger partial charge in [0.1, 0.15) is 5.82 Å². The molecular weight excluding hydrogens is 257 g/mol. The van der Waals surface area contributed by atoms with E-state index in [4.69, 9.17) is 0 Å². The maximum Gasteiger partial charge on any atom is 0.153 e. The molecule has 1 aromatic carbocycles. The standard InChI is InChI=1S/C12H16FNO3S/c1-9(15)10-3-2-4-11(13)12(10)14-5-7-18(16,17)8-6-14/h2-4,9,15H,5-8H2,1H3. The molecule has 0 amide bonds. The summed E-state index contributed by atoms with van der Waals surface area (Å²) in [5, 5.41) is 9.65. The number of sulfone groups is 1. The van der Waals surface area contributed by atoms with Gasteiger partial charge in [-0.3, -0.25) is 0 Å². The zero-order valence-electron chi connectivity index (χ0n) is 10.1. The Balaban J connectivity index is 2.34. The van der Waals surface area contributed by atoms with Crippen LogP contribution in [0.5, 0.6) is 0 Å². The van der Waals surface area contributed by atoms with E-state index in [1.54, 1.807) is 24.0 Å². The van der Waals surface area contributed by atoms with Crippen LogP contribution in [0.25, 0.3) is 0 Å². The number of rotatable bonds is 2. The Morgan fingerprint density at radius 1 is 1.33 bits per heavy atom. The Hall–Kier alpha value is -1.14. The normalized spacial score (nSPS) is 20.7. The van der Waals surface area contributed by atoms with Crippen LogP contribution in [0.3, 0.4) is 0 Å². The van der Waals surface area contributed by atoms with Crippen LogP contribution in [0, 0.1) is 5.82 Å². The van der Waals surface area contributed by atoms with Gasteiger partial charge in [0.05, 0.1) is 23.3 Å². The Labute approximate surface area is 106 Å². The number of para-hydroxylation sites is 1. The van der Waals surface area contributed by atoms with Crippen molar-refractivity contribution < 1.29 is 17.9 Å². The molecule has 1 aliphatic heterocycles. The minimum Gasteiger partial charge on any atom is -0.389 e. The van der Waals surface area contributed by atoms with E-state index in [0.29, 0.717) is 11.3 Å². The van der Waals surface area contributed by atoms with E-state index >= 15 is 0 Å². The lowest BCUT2D eigenvalue weighted by atomic mass is 10.1. The van der Waals surface area contributed by atoms with Crippen molar-refractivity contribution in [2.45, 2.75) is 13.0 Å². The van der Waals surface area contributed by atoms with E-state index in [1.807, 2.05) is 0 Å². The van der Waals surface area contributed by atoms with Gasteiger partial charge in [0, 0.05) is 18.7 Å². The molecule has 1 saturated heterocycles. The van der Waals surface area contributed by atoms with Crippen molar-refractivity contribution in [1.29, 1.82) is 0 Å². The van der Waals surface area contributed by atoms with Crippen LogP contribution in [-0.4, -0.2) is 38.1 Å². The molecule has 1 aliphatic rings. The molecule has 0 aliphatic carbocycles. The van der Waals surface area contributed by atoms with Crippen molar-refractivity contribution >= 4 is 15.5 Å². The second kappa shape index (κ2) is 4.85. The maximum absolute atomic E-state index is 13.9. The summed E-state index contributed by atoms with van der Waals surface area (Å²) in [5.41, 5.74) is 0.816. The van der Waals surface area contributed by atoms with Gasteiger partial charge < -0.3 is 10.0 Å². The summed E-state index contributed by atoms with van der Waals surface area (Å²) in [6.45, 7) is 2.10. The largest absolute Gasteiger partial charge is 0.389 e. The van der Waals surface area contributed by atoms with E-state index in [1.165, 1.54) is 6.07 Å². The molecule has 18 heavy (non-hydrogen) atoms. The zero-order valence-corrected chi connectivity index (χ0v) is 11.0. The Kier molecular flexibility index (Phi) is 3.59. The highest BCUT2D eigenvalue weighted by molar-refractivity contribution is 7.91. The van der Waals surface area contributed by atoms with Crippen LogP contribution >= 0.6 is 0 Å². The van der Waals surface area contributed by atoms with Gasteiger partial charge in [0.15, 0.2) is 9.84 Å². The molecule has 0 spiro atoms. The second-order valence-electron chi connectivity index (χ2n) is 4.49. The summed E-state index contributed by atoms with van der Waals surface area (Å²) in [4.78, 5) is 1.69. The Morgan fingerprint density at radius 2 is 1.94 bits per heavy atom. The number of hydrogen-bond acceptors (Lipinski definition) is 4. The third-order valence-electron chi connectivity index (χ3n) is 3.13. The molecule has 1 unspecified atom stereocenters. The van der Waals surface area contributed by atoms with Crippen molar-refractivity contribution in [1.82, 2.24) is 0 Å². The van der Waals surface area contributed by atoms with E-state index in [9.17, 15) is 17.9 Å². The number of halogens is 1. The quantitative estimate of drug-likeness (QED) is 0.877. The van der Waals surface area contributed by atoms with Gasteiger partial charge in [-0.15, -0.1) is 0 Å². The lowest BCUT2D eigenvalue weighted by molar-refractivity contribution is 0.199. The minimum atomic E-state index is -3.00. The SMILES string of the molecule is CC(O)c1cccc(F)c1N1CCS(=O)(=O)CC1. The second-order valence-corrected chi connectivity index (χ2v) is 6.80. The lowest BCUT2D eigenvalue weighted by Crippen LogP contribution is -2.41. The molecule has 6 heteroatoms. The number of anilines is 1. The maximum atomic E-state index is 13.9. The predicted octanol–water partition coefficient (Wildman–Crippen LogP) is 1.11. The first-order chi connectivity index (χ1) is 8.41. The Bertz CT molecular complexity index is 528. The van der Waals surface area contributed by atoms with E-state index < -0.39 is 21.8 Å². The highest BCUT2D eigenvalue weighted by Gasteiger charge is 2.26. The molecule has 0 radical (unpaired) electrons. The fourth-order valence-electron chi connectivity index (χ4n) is 2.14. The van der Waals surface area contributed by atoms with Gasteiger partial charge in [-0.05, 0) is 13.0 Å². The fourth-order valence-corrected chi connectivity index (χ4v) is 3.34. The summed E-state index contributed by atoms with van der Waals surface area (Å²) < 4.78 is 36.6. The molecule has 1 fully saturated rings. The van der Waals surface area contributed by atoms with Crippen LogP contribution in [0.1, 0.15) is 18.6 Å². The minimum absolute atomic E-state index is 0.0284. The van der Waals surface area contributed by atoms with Crippen LogP contribution in [0.4, 0.5) is 10.1 Å². The van der Waals surface area contributed by atoms with Gasteiger partial charge in [-0.2, -0.15) is 0 Å². The van der Waals surface area contributed by atoms with Gasteiger partial charge in [-0.1, -0.05) is 12.1 Å². The van der Waals surface area contributed by atoms with Gasteiger partial charge >= 0.3 is 0 Å². The first kappa shape index (κ1) is 13.3. The molecular formula is C12H16FNO3S. The summed E-state index contributed by atoms with van der Waals surface area (Å²) >= 11 is 0. The fraction of sp³-hybridized carbons (Fsp3) is 0.500. The number of aliphatic hydroxyl groups excluding tert-OH is 1. The van der Waals surface area contributed by atoms with Gasteiger partial charge in [0.25, 0.3) is 0 Å². The average Bonchev–Trinajstić information content (AvgIpc) is 2.29. The van der Waals surface area contributed by atoms with Gasteiger partial charge in [-0.25, -0.2) is 12.8 Å². The van der Waals surface area contributed by atoms with Crippen LogP contribution in [0.2, 0.25) is 0 Å². The highest BCUT2D eigenvalue weighted by atomic mass is 32.2. The first-order valence-corrected chi connectivity index (χ1v) is 7.65. The Morgan fingerprint density at radius 3 is 2.50 bits per heavy atom. The summed E-state index contributed by atoms with van der Waals surface area (Å²) in [6, 6.07) is 4.53. The van der Waals surface area contributed by atoms with Crippen LogP contribution in [0.15, 0.2) is 18.2 Å². The number of nitrogens with zero attached hydrogens (tertiary/aromatic N) is 1. The monoisotopic (exact) mass is 273 g/mol. The van der Waals surface area contributed by atoms with Crippen LogP contribution < -0.4 is 4.90 Å². The van der Waals surface area contributed by atoms with Crippen molar-refractivity contribution in [2.75, 3.05) is 29.5 Å². The number of aliphatic hydroxyl groups is 1. The van der Waals surface area contributed by atoms with Crippen molar-refractivity contribution in [3.8, 4) is 0 Å². The highest BCUT2D eigenvalue weighted by Crippen LogP contribution is 2.30. The molecule has 100 valence electrons. The van der Waals surface area contributed by atoms with Crippen LogP contribution in [-0.2, 0) is 9.84 Å².